The number of hydrogen-bond donors (Lipinski definition) is 4. The van der Waals surface area contributed by atoms with Crippen LogP contribution in [0.4, 0.5) is 10.5 Å². The third-order valence-electron chi connectivity index (χ3n) is 4.68. The predicted molar refractivity (Wildman–Crippen MR) is 112 cm³/mol. The van der Waals surface area contributed by atoms with Gasteiger partial charge in [0, 0.05) is 35.7 Å². The highest BCUT2D eigenvalue weighted by molar-refractivity contribution is 5.99. The van der Waals surface area contributed by atoms with E-state index in [0.717, 1.165) is 16.5 Å². The van der Waals surface area contributed by atoms with Crippen LogP contribution in [0.2, 0.25) is 0 Å². The lowest BCUT2D eigenvalue weighted by atomic mass is 10.0. The smallest absolute Gasteiger partial charge is 0.405 e. The summed E-state index contributed by atoms with van der Waals surface area (Å²) >= 11 is 0. The Kier molecular flexibility index (Phi) is 6.31. The van der Waals surface area contributed by atoms with E-state index in [2.05, 4.69) is 15.6 Å². The third kappa shape index (κ3) is 4.40. The van der Waals surface area contributed by atoms with Crippen LogP contribution in [0.3, 0.4) is 0 Å². The van der Waals surface area contributed by atoms with Gasteiger partial charge >= 0.3 is 6.09 Å². The van der Waals surface area contributed by atoms with Crippen molar-refractivity contribution in [2.24, 2.45) is 0 Å². The van der Waals surface area contributed by atoms with Crippen LogP contribution in [0.5, 0.6) is 17.2 Å². The van der Waals surface area contributed by atoms with Gasteiger partial charge in [-0.1, -0.05) is 18.2 Å². The number of fused-ring (bicyclic) bond motifs is 1. The Morgan fingerprint density at radius 1 is 1.07 bits per heavy atom. The van der Waals surface area contributed by atoms with Gasteiger partial charge in [0.15, 0.2) is 0 Å². The molecule has 4 N–H and O–H groups in total. The van der Waals surface area contributed by atoms with E-state index < -0.39 is 18.0 Å². The minimum atomic E-state index is -1.30. The average Bonchev–Trinajstić information content (AvgIpc) is 3.15. The predicted octanol–water partition coefficient (Wildman–Crippen LogP) is 3.01. The number of nitrogens with one attached hydrogen (secondary N) is 3. The van der Waals surface area contributed by atoms with Crippen LogP contribution in [-0.4, -0.2) is 49.5 Å². The molecule has 0 aliphatic carbocycles. The molecule has 3 rings (SSSR count). The quantitative estimate of drug-likeness (QED) is 0.450. The zero-order chi connectivity index (χ0) is 21.7. The number of aromatic nitrogens is 1. The van der Waals surface area contributed by atoms with Gasteiger partial charge in [0.05, 0.1) is 21.3 Å². The standard InChI is InChI=1S/C21H23N3O6/c1-28-13-9-17(29-2)19(18(10-13)30-3)24-20(25)16(23-21(26)27)8-12-11-22-15-7-5-4-6-14(12)15/h4-7,9-11,16,22-23H,8H2,1-3H3,(H,24,25)(H,26,27)/t16-/m0/s1. The summed E-state index contributed by atoms with van der Waals surface area (Å²) in [5, 5.41) is 15.2. The summed E-state index contributed by atoms with van der Waals surface area (Å²) in [6.45, 7) is 0. The van der Waals surface area contributed by atoms with E-state index in [-0.39, 0.29) is 12.1 Å². The number of anilines is 1. The van der Waals surface area contributed by atoms with Crippen LogP contribution >= 0.6 is 0 Å². The fourth-order valence-electron chi connectivity index (χ4n) is 3.22. The van der Waals surface area contributed by atoms with Crippen LogP contribution in [0.15, 0.2) is 42.6 Å². The molecule has 1 atom stereocenters. The molecule has 0 spiro atoms. The molecule has 3 aromatic rings. The number of carbonyl (C=O) groups is 2. The Hall–Kier alpha value is -3.88. The largest absolute Gasteiger partial charge is 0.496 e. The maximum absolute atomic E-state index is 13.0. The van der Waals surface area contributed by atoms with Gasteiger partial charge < -0.3 is 34.9 Å². The average molecular weight is 413 g/mol. The highest BCUT2D eigenvalue weighted by Gasteiger charge is 2.25. The lowest BCUT2D eigenvalue weighted by Gasteiger charge is -2.20. The number of carboxylic acid groups (broad SMARTS) is 1. The molecule has 0 radical (unpaired) electrons. The number of hydrogen-bond acceptors (Lipinski definition) is 5. The Morgan fingerprint density at radius 2 is 1.73 bits per heavy atom. The number of amides is 2. The number of ether oxygens (including phenoxy) is 3. The first-order valence-electron chi connectivity index (χ1n) is 9.12. The van der Waals surface area contributed by atoms with Crippen LogP contribution in [0.25, 0.3) is 10.9 Å². The number of rotatable bonds is 8. The van der Waals surface area contributed by atoms with Gasteiger partial charge in [-0.05, 0) is 11.6 Å². The van der Waals surface area contributed by atoms with E-state index in [1.165, 1.54) is 21.3 Å². The van der Waals surface area contributed by atoms with Gasteiger partial charge in [-0.25, -0.2) is 4.79 Å². The highest BCUT2D eigenvalue weighted by Crippen LogP contribution is 2.39. The summed E-state index contributed by atoms with van der Waals surface area (Å²) in [7, 11) is 4.39. The third-order valence-corrected chi connectivity index (χ3v) is 4.68. The second-order valence-electron chi connectivity index (χ2n) is 6.46. The Bertz CT molecular complexity index is 1040. The molecule has 0 saturated heterocycles. The molecule has 9 heteroatoms. The van der Waals surface area contributed by atoms with Crippen LogP contribution in [0.1, 0.15) is 5.56 Å². The number of benzene rings is 2. The molecule has 0 bridgehead atoms. The zero-order valence-electron chi connectivity index (χ0n) is 16.8. The molecule has 2 aromatic carbocycles. The molecule has 30 heavy (non-hydrogen) atoms. The van der Waals surface area contributed by atoms with E-state index in [4.69, 9.17) is 14.2 Å². The first kappa shape index (κ1) is 20.8. The van der Waals surface area contributed by atoms with Crippen molar-refractivity contribution in [1.29, 1.82) is 0 Å². The lowest BCUT2D eigenvalue weighted by Crippen LogP contribution is -2.44. The topological polar surface area (TPSA) is 122 Å². The molecule has 0 fully saturated rings. The number of carbonyl (C=O) groups excluding carboxylic acids is 1. The van der Waals surface area contributed by atoms with Crippen molar-refractivity contribution in [3.8, 4) is 17.2 Å². The number of aromatic amines is 1. The monoisotopic (exact) mass is 413 g/mol. The van der Waals surface area contributed by atoms with Crippen LogP contribution in [-0.2, 0) is 11.2 Å². The lowest BCUT2D eigenvalue weighted by molar-refractivity contribution is -0.118. The molecule has 9 nitrogen and oxygen atoms in total. The molecular formula is C21H23N3O6. The minimum absolute atomic E-state index is 0.156. The van der Waals surface area contributed by atoms with E-state index in [9.17, 15) is 14.7 Å². The van der Waals surface area contributed by atoms with Crippen LogP contribution in [0, 0.1) is 0 Å². The van der Waals surface area contributed by atoms with Crippen molar-refractivity contribution in [3.63, 3.8) is 0 Å². The second kappa shape index (κ2) is 9.08. The summed E-state index contributed by atoms with van der Waals surface area (Å²) in [6.07, 6.45) is 0.620. The van der Waals surface area contributed by atoms with Gasteiger partial charge in [0.2, 0.25) is 5.91 Å². The number of methoxy groups -OCH3 is 3. The van der Waals surface area contributed by atoms with Crippen molar-refractivity contribution < 1.29 is 28.9 Å². The highest BCUT2D eigenvalue weighted by atomic mass is 16.5. The summed E-state index contributed by atoms with van der Waals surface area (Å²) in [4.78, 5) is 27.5. The summed E-state index contributed by atoms with van der Waals surface area (Å²) in [5.74, 6) is 0.576. The normalized spacial score (nSPS) is 11.6. The van der Waals surface area contributed by atoms with E-state index in [0.29, 0.717) is 17.2 Å². The maximum atomic E-state index is 13.0. The Labute approximate surface area is 172 Å². The molecule has 0 aliphatic heterocycles. The molecule has 158 valence electrons. The fourth-order valence-corrected chi connectivity index (χ4v) is 3.22. The summed E-state index contributed by atoms with van der Waals surface area (Å²) < 4.78 is 15.9. The SMILES string of the molecule is COc1cc(OC)c(NC(=O)[C@H](Cc2c[nH]c3ccccc23)NC(=O)O)c(OC)c1. The summed E-state index contributed by atoms with van der Waals surface area (Å²) in [5.41, 5.74) is 2.00. The molecule has 1 heterocycles. The van der Waals surface area contributed by atoms with E-state index in [1.54, 1.807) is 18.3 Å². The van der Waals surface area contributed by atoms with Gasteiger partial charge in [-0.15, -0.1) is 0 Å². The summed E-state index contributed by atoms with van der Waals surface area (Å²) in [6, 6.07) is 9.74. The van der Waals surface area contributed by atoms with Crippen molar-refractivity contribution in [1.82, 2.24) is 10.3 Å². The molecule has 0 aliphatic rings. The van der Waals surface area contributed by atoms with Gasteiger partial charge in [0.25, 0.3) is 0 Å². The second-order valence-corrected chi connectivity index (χ2v) is 6.46. The van der Waals surface area contributed by atoms with Gasteiger partial charge in [0.1, 0.15) is 29.0 Å². The van der Waals surface area contributed by atoms with E-state index >= 15 is 0 Å². The molecule has 2 amide bonds. The van der Waals surface area contributed by atoms with Crippen molar-refractivity contribution >= 4 is 28.6 Å². The Balaban J connectivity index is 1.90. The minimum Gasteiger partial charge on any atom is -0.496 e. The zero-order valence-corrected chi connectivity index (χ0v) is 16.8. The van der Waals surface area contributed by atoms with E-state index in [1.807, 2.05) is 24.3 Å². The molecule has 1 aromatic heterocycles. The fraction of sp³-hybridized carbons (Fsp3) is 0.238. The van der Waals surface area contributed by atoms with Gasteiger partial charge in [-0.2, -0.15) is 0 Å². The molecule has 0 saturated carbocycles. The number of H-pyrrole nitrogens is 1. The maximum Gasteiger partial charge on any atom is 0.405 e. The van der Waals surface area contributed by atoms with Crippen molar-refractivity contribution in [2.45, 2.75) is 12.5 Å². The van der Waals surface area contributed by atoms with Gasteiger partial charge in [-0.3, -0.25) is 4.79 Å². The number of para-hydroxylation sites is 1. The Morgan fingerprint density at radius 3 is 2.33 bits per heavy atom. The van der Waals surface area contributed by atoms with Crippen molar-refractivity contribution in [2.75, 3.05) is 26.6 Å². The first-order valence-corrected chi connectivity index (χ1v) is 9.12. The molecular weight excluding hydrogens is 390 g/mol. The van der Waals surface area contributed by atoms with Crippen molar-refractivity contribution in [3.05, 3.63) is 48.2 Å². The molecule has 0 unspecified atom stereocenters. The first-order chi connectivity index (χ1) is 14.5. The van der Waals surface area contributed by atoms with Crippen LogP contribution < -0.4 is 24.8 Å².